The molecule has 1 heterocycles. The smallest absolute Gasteiger partial charge is 0.220 e. The maximum Gasteiger partial charge on any atom is 0.220 e. The van der Waals surface area contributed by atoms with E-state index >= 15 is 0 Å². The van der Waals surface area contributed by atoms with Gasteiger partial charge in [-0.3, -0.25) is 4.79 Å². The SMILES string of the molecule is C#C.Cc1ccc(CNC(=O)CCc2c[nH]c3c2C=CC=CC3)cc1. The van der Waals surface area contributed by atoms with Crippen LogP contribution in [-0.4, -0.2) is 10.9 Å². The summed E-state index contributed by atoms with van der Waals surface area (Å²) in [7, 11) is 0. The largest absolute Gasteiger partial charge is 0.364 e. The van der Waals surface area contributed by atoms with Crippen molar-refractivity contribution in [2.75, 3.05) is 0 Å². The van der Waals surface area contributed by atoms with Gasteiger partial charge in [-0.05, 0) is 30.0 Å². The summed E-state index contributed by atoms with van der Waals surface area (Å²) in [5.74, 6) is 0.0938. The summed E-state index contributed by atoms with van der Waals surface area (Å²) in [6.07, 6.45) is 20.6. The highest BCUT2D eigenvalue weighted by molar-refractivity contribution is 5.76. The average molecular weight is 332 g/mol. The molecule has 0 saturated carbocycles. The molecule has 0 spiro atoms. The summed E-state index contributed by atoms with van der Waals surface area (Å²) in [6.45, 7) is 2.65. The Bertz CT molecular complexity index is 776. The summed E-state index contributed by atoms with van der Waals surface area (Å²) in [5, 5.41) is 2.99. The zero-order valence-electron chi connectivity index (χ0n) is 14.6. The van der Waals surface area contributed by atoms with Gasteiger partial charge in [-0.15, -0.1) is 12.8 Å². The van der Waals surface area contributed by atoms with Crippen molar-refractivity contribution in [1.29, 1.82) is 0 Å². The minimum Gasteiger partial charge on any atom is -0.364 e. The van der Waals surface area contributed by atoms with Gasteiger partial charge >= 0.3 is 0 Å². The van der Waals surface area contributed by atoms with Gasteiger partial charge in [0.25, 0.3) is 0 Å². The predicted octanol–water partition coefficient (Wildman–Crippen LogP) is 3.95. The van der Waals surface area contributed by atoms with Gasteiger partial charge in [0, 0.05) is 31.3 Å². The van der Waals surface area contributed by atoms with Crippen LogP contribution in [0.3, 0.4) is 0 Å². The molecule has 3 nitrogen and oxygen atoms in total. The Morgan fingerprint density at radius 1 is 1.20 bits per heavy atom. The van der Waals surface area contributed by atoms with Crippen molar-refractivity contribution < 1.29 is 4.79 Å². The average Bonchev–Trinajstić information content (AvgIpc) is 2.87. The molecule has 0 bridgehead atoms. The van der Waals surface area contributed by atoms with Gasteiger partial charge in [-0.25, -0.2) is 0 Å². The lowest BCUT2D eigenvalue weighted by Crippen LogP contribution is -2.23. The lowest BCUT2D eigenvalue weighted by Gasteiger charge is -2.06. The molecule has 0 atom stereocenters. The molecule has 128 valence electrons. The summed E-state index contributed by atoms with van der Waals surface area (Å²) in [4.78, 5) is 15.4. The van der Waals surface area contributed by atoms with Crippen LogP contribution in [0, 0.1) is 19.8 Å². The molecule has 25 heavy (non-hydrogen) atoms. The Morgan fingerprint density at radius 2 is 1.96 bits per heavy atom. The van der Waals surface area contributed by atoms with E-state index in [1.807, 2.05) is 6.20 Å². The number of H-pyrrole nitrogens is 1. The van der Waals surface area contributed by atoms with E-state index in [1.165, 1.54) is 22.4 Å². The van der Waals surface area contributed by atoms with E-state index < -0.39 is 0 Å². The van der Waals surface area contributed by atoms with Crippen molar-refractivity contribution >= 4 is 12.0 Å². The number of terminal acetylenes is 1. The van der Waals surface area contributed by atoms with Crippen LogP contribution < -0.4 is 5.32 Å². The number of hydrogen-bond donors (Lipinski definition) is 2. The quantitative estimate of drug-likeness (QED) is 0.800. The number of nitrogens with one attached hydrogen (secondary N) is 2. The first-order chi connectivity index (χ1) is 12.2. The number of aryl methyl sites for hydroxylation is 2. The number of rotatable bonds is 5. The molecule has 1 amide bonds. The molecule has 1 aromatic carbocycles. The summed E-state index contributed by atoms with van der Waals surface area (Å²) >= 11 is 0. The van der Waals surface area contributed by atoms with Gasteiger partial charge in [-0.2, -0.15) is 0 Å². The number of aromatic nitrogens is 1. The molecule has 1 aromatic heterocycles. The molecule has 0 radical (unpaired) electrons. The second kappa shape index (κ2) is 9.34. The minimum absolute atomic E-state index is 0.0938. The summed E-state index contributed by atoms with van der Waals surface area (Å²) < 4.78 is 0. The van der Waals surface area contributed by atoms with Crippen LogP contribution in [0.1, 0.15) is 34.4 Å². The standard InChI is InChI=1S/C20H22N2O.C2H2/c1-15-7-9-16(10-8-15)13-22-20(23)12-11-17-14-21-19-6-4-2-3-5-18(17)19;1-2/h2-5,7-10,14,21H,6,11-13H2,1H3,(H,22,23);1-2H. The van der Waals surface area contributed by atoms with Gasteiger partial charge in [-0.1, -0.05) is 54.1 Å². The van der Waals surface area contributed by atoms with Crippen LogP contribution in [0.2, 0.25) is 0 Å². The van der Waals surface area contributed by atoms with Crippen LogP contribution in [-0.2, 0) is 24.2 Å². The third kappa shape index (κ3) is 5.26. The highest BCUT2D eigenvalue weighted by atomic mass is 16.1. The Kier molecular flexibility index (Phi) is 6.86. The Morgan fingerprint density at radius 3 is 2.72 bits per heavy atom. The lowest BCUT2D eigenvalue weighted by atomic mass is 10.0. The van der Waals surface area contributed by atoms with E-state index in [9.17, 15) is 4.79 Å². The van der Waals surface area contributed by atoms with Crippen molar-refractivity contribution in [3.8, 4) is 12.8 Å². The maximum atomic E-state index is 12.1. The van der Waals surface area contributed by atoms with Crippen LogP contribution in [0.4, 0.5) is 0 Å². The van der Waals surface area contributed by atoms with Crippen molar-refractivity contribution in [2.24, 2.45) is 0 Å². The number of carbonyl (C=O) groups excluding carboxylic acids is 1. The van der Waals surface area contributed by atoms with Gasteiger partial charge in [0.15, 0.2) is 0 Å². The molecule has 2 N–H and O–H groups in total. The topological polar surface area (TPSA) is 44.9 Å². The zero-order chi connectivity index (χ0) is 18.1. The minimum atomic E-state index is 0.0938. The van der Waals surface area contributed by atoms with Gasteiger partial charge in [0.1, 0.15) is 0 Å². The van der Waals surface area contributed by atoms with E-state index in [0.29, 0.717) is 13.0 Å². The molecule has 2 aromatic rings. The molecular weight excluding hydrogens is 308 g/mol. The van der Waals surface area contributed by atoms with Crippen molar-refractivity contribution in [3.63, 3.8) is 0 Å². The van der Waals surface area contributed by atoms with Crippen LogP contribution in [0.15, 0.2) is 48.7 Å². The molecular formula is C22H24N2O. The molecule has 0 unspecified atom stereocenters. The predicted molar refractivity (Wildman–Crippen MR) is 104 cm³/mol. The van der Waals surface area contributed by atoms with E-state index in [4.69, 9.17) is 0 Å². The number of amides is 1. The fraction of sp³-hybridized carbons (Fsp3) is 0.227. The van der Waals surface area contributed by atoms with Crippen LogP contribution >= 0.6 is 0 Å². The number of hydrogen-bond acceptors (Lipinski definition) is 1. The van der Waals surface area contributed by atoms with Gasteiger partial charge < -0.3 is 10.3 Å². The number of benzene rings is 1. The van der Waals surface area contributed by atoms with E-state index in [1.54, 1.807) is 0 Å². The number of aromatic amines is 1. The highest BCUT2D eigenvalue weighted by Gasteiger charge is 2.10. The monoisotopic (exact) mass is 332 g/mol. The highest BCUT2D eigenvalue weighted by Crippen LogP contribution is 2.20. The zero-order valence-corrected chi connectivity index (χ0v) is 14.6. The molecule has 3 heteroatoms. The van der Waals surface area contributed by atoms with Crippen LogP contribution in [0.25, 0.3) is 6.08 Å². The fourth-order valence-electron chi connectivity index (χ4n) is 2.77. The number of carbonyl (C=O) groups is 1. The van der Waals surface area contributed by atoms with Crippen molar-refractivity contribution in [1.82, 2.24) is 10.3 Å². The Balaban J connectivity index is 0.00000109. The Labute approximate surface area is 149 Å². The first kappa shape index (κ1) is 18.4. The van der Waals surface area contributed by atoms with E-state index in [0.717, 1.165) is 18.4 Å². The molecule has 1 aliphatic carbocycles. The molecule has 1 aliphatic rings. The fourth-order valence-corrected chi connectivity index (χ4v) is 2.77. The van der Waals surface area contributed by atoms with Crippen molar-refractivity contribution in [2.45, 2.75) is 32.7 Å². The second-order valence-corrected chi connectivity index (χ2v) is 5.96. The first-order valence-electron chi connectivity index (χ1n) is 8.40. The molecule has 3 rings (SSSR count). The molecule has 0 saturated heterocycles. The third-order valence-electron chi connectivity index (χ3n) is 4.16. The second-order valence-electron chi connectivity index (χ2n) is 5.96. The maximum absolute atomic E-state index is 12.1. The summed E-state index contributed by atoms with van der Waals surface area (Å²) in [6, 6.07) is 8.24. The normalized spacial score (nSPS) is 11.8. The van der Waals surface area contributed by atoms with Gasteiger partial charge in [0.2, 0.25) is 5.91 Å². The Hall–Kier alpha value is -2.99. The third-order valence-corrected chi connectivity index (χ3v) is 4.16. The van der Waals surface area contributed by atoms with Crippen molar-refractivity contribution in [3.05, 3.63) is 76.6 Å². The number of fused-ring (bicyclic) bond motifs is 1. The summed E-state index contributed by atoms with van der Waals surface area (Å²) in [5.41, 5.74) is 6.04. The van der Waals surface area contributed by atoms with E-state index in [-0.39, 0.29) is 5.91 Å². The number of allylic oxidation sites excluding steroid dienone is 3. The molecule has 0 aliphatic heterocycles. The van der Waals surface area contributed by atoms with Gasteiger partial charge in [0.05, 0.1) is 0 Å². The molecule has 0 fully saturated rings. The first-order valence-corrected chi connectivity index (χ1v) is 8.40. The lowest BCUT2D eigenvalue weighted by molar-refractivity contribution is -0.121. The van der Waals surface area contributed by atoms with Crippen LogP contribution in [0.5, 0.6) is 0 Å². The van der Waals surface area contributed by atoms with E-state index in [2.05, 4.69) is 78.6 Å².